The van der Waals surface area contributed by atoms with Gasteiger partial charge in [0.05, 0.1) is 19.6 Å². The standard InChI is InChI=1S/C29H32N2O4/c1-34-25-12-8-22(9-13-25)16-19-30-28(33)29(24-6-4-3-5-7-24)17-20-31(21-18-29)27(32)23-10-14-26(35-2)15-11-23/h3-15H,16-21H2,1-2H3,(H,30,33). The molecule has 182 valence electrons. The molecule has 6 heteroatoms. The number of carbonyl (C=O) groups excluding carboxylic acids is 2. The van der Waals surface area contributed by atoms with E-state index < -0.39 is 5.41 Å². The Labute approximate surface area is 206 Å². The Hall–Kier alpha value is -3.80. The van der Waals surface area contributed by atoms with Gasteiger partial charge in [-0.3, -0.25) is 9.59 Å². The average molecular weight is 473 g/mol. The first-order chi connectivity index (χ1) is 17.1. The zero-order valence-electron chi connectivity index (χ0n) is 20.3. The highest BCUT2D eigenvalue weighted by atomic mass is 16.5. The van der Waals surface area contributed by atoms with Gasteiger partial charge in [0.2, 0.25) is 5.91 Å². The summed E-state index contributed by atoms with van der Waals surface area (Å²) in [5.41, 5.74) is 2.11. The van der Waals surface area contributed by atoms with Gasteiger partial charge in [-0.1, -0.05) is 42.5 Å². The van der Waals surface area contributed by atoms with Crippen LogP contribution in [0.25, 0.3) is 0 Å². The Bertz CT molecular complexity index is 1120. The van der Waals surface area contributed by atoms with Crippen molar-refractivity contribution in [2.45, 2.75) is 24.7 Å². The number of hydrogen-bond acceptors (Lipinski definition) is 4. The van der Waals surface area contributed by atoms with Crippen LogP contribution in [0.15, 0.2) is 78.9 Å². The van der Waals surface area contributed by atoms with Gasteiger partial charge in [0, 0.05) is 25.2 Å². The van der Waals surface area contributed by atoms with Crippen molar-refractivity contribution in [2.24, 2.45) is 0 Å². The topological polar surface area (TPSA) is 67.9 Å². The normalized spacial score (nSPS) is 14.7. The van der Waals surface area contributed by atoms with Gasteiger partial charge in [-0.15, -0.1) is 0 Å². The first-order valence-electron chi connectivity index (χ1n) is 12.0. The van der Waals surface area contributed by atoms with E-state index in [1.165, 1.54) is 0 Å². The van der Waals surface area contributed by atoms with Gasteiger partial charge in [-0.05, 0) is 66.8 Å². The van der Waals surface area contributed by atoms with E-state index in [0.29, 0.717) is 38.0 Å². The number of nitrogens with one attached hydrogen (secondary N) is 1. The highest BCUT2D eigenvalue weighted by molar-refractivity contribution is 5.95. The molecule has 1 aliphatic heterocycles. The second kappa shape index (κ2) is 11.1. The van der Waals surface area contributed by atoms with E-state index in [-0.39, 0.29) is 11.8 Å². The summed E-state index contributed by atoms with van der Waals surface area (Å²) in [6.45, 7) is 1.59. The lowest BCUT2D eigenvalue weighted by Gasteiger charge is -2.41. The maximum Gasteiger partial charge on any atom is 0.253 e. The van der Waals surface area contributed by atoms with Crippen molar-refractivity contribution in [1.29, 1.82) is 0 Å². The lowest BCUT2D eigenvalue weighted by molar-refractivity contribution is -0.128. The molecule has 0 spiro atoms. The van der Waals surface area contributed by atoms with E-state index in [2.05, 4.69) is 5.32 Å². The number of hydrogen-bond donors (Lipinski definition) is 1. The smallest absolute Gasteiger partial charge is 0.253 e. The van der Waals surface area contributed by atoms with Crippen LogP contribution >= 0.6 is 0 Å². The second-order valence-electron chi connectivity index (χ2n) is 8.82. The summed E-state index contributed by atoms with van der Waals surface area (Å²) in [6, 6.07) is 25.0. The summed E-state index contributed by atoms with van der Waals surface area (Å²) >= 11 is 0. The van der Waals surface area contributed by atoms with E-state index in [9.17, 15) is 9.59 Å². The Morgan fingerprint density at radius 1 is 0.829 bits per heavy atom. The van der Waals surface area contributed by atoms with E-state index in [1.54, 1.807) is 38.5 Å². The van der Waals surface area contributed by atoms with Crippen molar-refractivity contribution in [3.05, 3.63) is 95.6 Å². The summed E-state index contributed by atoms with van der Waals surface area (Å²) in [6.07, 6.45) is 1.89. The molecule has 1 heterocycles. The van der Waals surface area contributed by atoms with Gasteiger partial charge >= 0.3 is 0 Å². The fourth-order valence-electron chi connectivity index (χ4n) is 4.69. The number of piperidine rings is 1. The zero-order chi connectivity index (χ0) is 24.7. The fourth-order valence-corrected chi connectivity index (χ4v) is 4.69. The number of ether oxygens (including phenoxy) is 2. The zero-order valence-corrected chi connectivity index (χ0v) is 20.3. The minimum atomic E-state index is -0.655. The molecular formula is C29H32N2O4. The van der Waals surface area contributed by atoms with Crippen molar-refractivity contribution < 1.29 is 19.1 Å². The van der Waals surface area contributed by atoms with Gasteiger partial charge in [0.25, 0.3) is 5.91 Å². The quantitative estimate of drug-likeness (QED) is 0.533. The van der Waals surface area contributed by atoms with E-state index in [0.717, 1.165) is 29.0 Å². The van der Waals surface area contributed by atoms with E-state index in [4.69, 9.17) is 9.47 Å². The molecule has 0 bridgehead atoms. The van der Waals surface area contributed by atoms with Gasteiger partial charge < -0.3 is 19.7 Å². The van der Waals surface area contributed by atoms with Crippen LogP contribution < -0.4 is 14.8 Å². The molecule has 1 aliphatic rings. The van der Waals surface area contributed by atoms with Gasteiger partial charge in [0.15, 0.2) is 0 Å². The lowest BCUT2D eigenvalue weighted by atomic mass is 9.72. The minimum absolute atomic E-state index is 0.0192. The van der Waals surface area contributed by atoms with Crippen LogP contribution in [-0.2, 0) is 16.6 Å². The number of amides is 2. The van der Waals surface area contributed by atoms with E-state index >= 15 is 0 Å². The average Bonchev–Trinajstić information content (AvgIpc) is 2.93. The minimum Gasteiger partial charge on any atom is -0.497 e. The van der Waals surface area contributed by atoms with Crippen molar-refractivity contribution >= 4 is 11.8 Å². The second-order valence-corrected chi connectivity index (χ2v) is 8.82. The van der Waals surface area contributed by atoms with Gasteiger partial charge in [-0.2, -0.15) is 0 Å². The van der Waals surface area contributed by atoms with Crippen LogP contribution in [-0.4, -0.2) is 50.6 Å². The number of carbonyl (C=O) groups is 2. The van der Waals surface area contributed by atoms with Crippen LogP contribution in [0.1, 0.15) is 34.3 Å². The Balaban J connectivity index is 1.43. The maximum atomic E-state index is 13.6. The number of likely N-dealkylation sites (tertiary alicyclic amines) is 1. The molecular weight excluding hydrogens is 440 g/mol. The summed E-state index contributed by atoms with van der Waals surface area (Å²) in [5.74, 6) is 1.54. The number of benzene rings is 3. The molecule has 0 atom stereocenters. The molecule has 0 unspecified atom stereocenters. The summed E-state index contributed by atoms with van der Waals surface area (Å²) < 4.78 is 10.4. The first kappa shape index (κ1) is 24.3. The molecule has 35 heavy (non-hydrogen) atoms. The Morgan fingerprint density at radius 3 is 1.97 bits per heavy atom. The Morgan fingerprint density at radius 2 is 1.40 bits per heavy atom. The van der Waals surface area contributed by atoms with Gasteiger partial charge in [0.1, 0.15) is 11.5 Å². The largest absolute Gasteiger partial charge is 0.497 e. The fraction of sp³-hybridized carbons (Fsp3) is 0.310. The molecule has 1 fully saturated rings. The number of methoxy groups -OCH3 is 2. The van der Waals surface area contributed by atoms with Crippen LogP contribution in [0.3, 0.4) is 0 Å². The predicted molar refractivity (Wildman–Crippen MR) is 136 cm³/mol. The van der Waals surface area contributed by atoms with Crippen molar-refractivity contribution in [3.63, 3.8) is 0 Å². The van der Waals surface area contributed by atoms with Crippen molar-refractivity contribution in [2.75, 3.05) is 33.9 Å². The van der Waals surface area contributed by atoms with Crippen molar-refractivity contribution in [1.82, 2.24) is 10.2 Å². The molecule has 0 radical (unpaired) electrons. The van der Waals surface area contributed by atoms with Crippen molar-refractivity contribution in [3.8, 4) is 11.5 Å². The SMILES string of the molecule is COc1ccc(CCNC(=O)C2(c3ccccc3)CCN(C(=O)c3ccc(OC)cc3)CC2)cc1. The summed E-state index contributed by atoms with van der Waals surface area (Å²) in [4.78, 5) is 28.5. The maximum absolute atomic E-state index is 13.6. The number of rotatable bonds is 8. The van der Waals surface area contributed by atoms with Crippen LogP contribution in [0.4, 0.5) is 0 Å². The highest BCUT2D eigenvalue weighted by Crippen LogP contribution is 2.36. The monoisotopic (exact) mass is 472 g/mol. The lowest BCUT2D eigenvalue weighted by Crippen LogP contribution is -2.53. The molecule has 0 aliphatic carbocycles. The third-order valence-electron chi connectivity index (χ3n) is 6.86. The van der Waals surface area contributed by atoms with Crippen LogP contribution in [0, 0.1) is 0 Å². The predicted octanol–water partition coefficient (Wildman–Crippen LogP) is 4.24. The molecule has 0 aromatic heterocycles. The van der Waals surface area contributed by atoms with Crippen LogP contribution in [0.2, 0.25) is 0 Å². The molecule has 3 aromatic rings. The summed E-state index contributed by atoms with van der Waals surface area (Å²) in [7, 11) is 3.25. The van der Waals surface area contributed by atoms with Gasteiger partial charge in [-0.25, -0.2) is 0 Å². The third-order valence-corrected chi connectivity index (χ3v) is 6.86. The molecule has 1 N–H and O–H groups in total. The summed E-state index contributed by atoms with van der Waals surface area (Å²) in [5, 5.41) is 3.17. The highest BCUT2D eigenvalue weighted by Gasteiger charge is 2.43. The molecule has 0 saturated carbocycles. The molecule has 3 aromatic carbocycles. The molecule has 6 nitrogen and oxygen atoms in total. The Kier molecular flexibility index (Phi) is 7.70. The number of nitrogens with zero attached hydrogens (tertiary/aromatic N) is 1. The molecule has 4 rings (SSSR count). The van der Waals surface area contributed by atoms with E-state index in [1.807, 2.05) is 59.5 Å². The van der Waals surface area contributed by atoms with Crippen LogP contribution in [0.5, 0.6) is 11.5 Å². The first-order valence-corrected chi connectivity index (χ1v) is 12.0. The molecule has 1 saturated heterocycles. The third kappa shape index (κ3) is 5.48. The molecule has 2 amide bonds.